The molecule has 0 saturated heterocycles. The van der Waals surface area contributed by atoms with Crippen LogP contribution in [0, 0.1) is 0 Å². The minimum atomic E-state index is -0.307. The van der Waals surface area contributed by atoms with Gasteiger partial charge in [-0.1, -0.05) is 24.3 Å². The van der Waals surface area contributed by atoms with E-state index < -0.39 is 0 Å². The number of benzene rings is 2. The SMILES string of the molecule is COc1cccc(C(N)Cn2c(=O)cnc3ccccc32)c1. The number of hydrogen-bond acceptors (Lipinski definition) is 4. The Morgan fingerprint density at radius 3 is 2.86 bits per heavy atom. The minimum absolute atomic E-state index is 0.156. The summed E-state index contributed by atoms with van der Waals surface area (Å²) >= 11 is 0. The molecule has 0 bridgehead atoms. The van der Waals surface area contributed by atoms with E-state index in [0.29, 0.717) is 6.54 Å². The van der Waals surface area contributed by atoms with Gasteiger partial charge in [-0.25, -0.2) is 4.98 Å². The summed E-state index contributed by atoms with van der Waals surface area (Å²) in [5.74, 6) is 0.750. The van der Waals surface area contributed by atoms with Crippen LogP contribution in [0.5, 0.6) is 5.75 Å². The first-order valence-electron chi connectivity index (χ1n) is 7.03. The van der Waals surface area contributed by atoms with Crippen LogP contribution in [-0.4, -0.2) is 16.7 Å². The van der Waals surface area contributed by atoms with Gasteiger partial charge in [0, 0.05) is 12.6 Å². The Morgan fingerprint density at radius 1 is 1.23 bits per heavy atom. The highest BCUT2D eigenvalue weighted by molar-refractivity contribution is 5.74. The molecule has 0 amide bonds. The molecule has 1 aromatic heterocycles. The second-order valence-electron chi connectivity index (χ2n) is 5.08. The first-order chi connectivity index (χ1) is 10.7. The average molecular weight is 295 g/mol. The third-order valence-corrected chi connectivity index (χ3v) is 3.65. The largest absolute Gasteiger partial charge is 0.497 e. The summed E-state index contributed by atoms with van der Waals surface area (Å²) in [6.07, 6.45) is 1.33. The molecule has 0 aliphatic carbocycles. The molecule has 5 nitrogen and oxygen atoms in total. The molecule has 1 unspecified atom stereocenters. The van der Waals surface area contributed by atoms with Gasteiger partial charge in [0.25, 0.3) is 5.56 Å². The molecule has 2 aromatic carbocycles. The van der Waals surface area contributed by atoms with Crippen molar-refractivity contribution in [2.24, 2.45) is 5.73 Å². The summed E-state index contributed by atoms with van der Waals surface area (Å²) in [5, 5.41) is 0. The van der Waals surface area contributed by atoms with E-state index in [1.54, 1.807) is 11.7 Å². The van der Waals surface area contributed by atoms with E-state index in [1.807, 2.05) is 48.5 Å². The molecule has 0 radical (unpaired) electrons. The van der Waals surface area contributed by atoms with E-state index in [-0.39, 0.29) is 11.6 Å². The Balaban J connectivity index is 1.98. The van der Waals surface area contributed by atoms with Gasteiger partial charge in [0.2, 0.25) is 0 Å². The lowest BCUT2D eigenvalue weighted by Gasteiger charge is -2.16. The van der Waals surface area contributed by atoms with Crippen molar-refractivity contribution in [3.05, 3.63) is 70.6 Å². The highest BCUT2D eigenvalue weighted by atomic mass is 16.5. The summed E-state index contributed by atoms with van der Waals surface area (Å²) in [4.78, 5) is 16.3. The summed E-state index contributed by atoms with van der Waals surface area (Å²) in [5.41, 5.74) is 8.61. The number of fused-ring (bicyclic) bond motifs is 1. The van der Waals surface area contributed by atoms with Crippen LogP contribution in [0.15, 0.2) is 59.5 Å². The third-order valence-electron chi connectivity index (χ3n) is 3.65. The molecule has 3 aromatic rings. The van der Waals surface area contributed by atoms with Gasteiger partial charge in [-0.3, -0.25) is 4.79 Å². The molecule has 1 atom stereocenters. The van der Waals surface area contributed by atoms with Crippen molar-refractivity contribution in [3.63, 3.8) is 0 Å². The van der Waals surface area contributed by atoms with E-state index in [4.69, 9.17) is 10.5 Å². The molecule has 0 fully saturated rings. The lowest BCUT2D eigenvalue weighted by atomic mass is 10.1. The zero-order chi connectivity index (χ0) is 15.5. The molecule has 1 heterocycles. The first-order valence-corrected chi connectivity index (χ1v) is 7.03. The number of hydrogen-bond donors (Lipinski definition) is 1. The van der Waals surface area contributed by atoms with Gasteiger partial charge in [-0.05, 0) is 29.8 Å². The Hall–Kier alpha value is -2.66. The Morgan fingerprint density at radius 2 is 2.05 bits per heavy atom. The Kier molecular flexibility index (Phi) is 3.89. The van der Waals surface area contributed by atoms with Crippen molar-refractivity contribution < 1.29 is 4.74 Å². The Labute approximate surface area is 128 Å². The van der Waals surface area contributed by atoms with E-state index >= 15 is 0 Å². The predicted molar refractivity (Wildman–Crippen MR) is 85.9 cm³/mol. The lowest BCUT2D eigenvalue weighted by molar-refractivity contribution is 0.413. The number of para-hydroxylation sites is 2. The zero-order valence-corrected chi connectivity index (χ0v) is 12.3. The normalized spacial score (nSPS) is 12.3. The molecular formula is C17H17N3O2. The molecule has 2 N–H and O–H groups in total. The highest BCUT2D eigenvalue weighted by Crippen LogP contribution is 2.19. The van der Waals surface area contributed by atoms with E-state index in [0.717, 1.165) is 22.3 Å². The second-order valence-corrected chi connectivity index (χ2v) is 5.08. The number of aromatic nitrogens is 2. The predicted octanol–water partition coefficient (Wildman–Crippen LogP) is 2.11. The standard InChI is InChI=1S/C17H17N3O2/c1-22-13-6-4-5-12(9-13)14(18)11-20-16-8-3-2-7-15(16)19-10-17(20)21/h2-10,14H,11,18H2,1H3. The lowest BCUT2D eigenvalue weighted by Crippen LogP contribution is -2.27. The van der Waals surface area contributed by atoms with E-state index in [9.17, 15) is 4.79 Å². The first kappa shape index (κ1) is 14.3. The smallest absolute Gasteiger partial charge is 0.269 e. The number of nitrogens with zero attached hydrogens (tertiary/aromatic N) is 2. The van der Waals surface area contributed by atoms with Crippen molar-refractivity contribution in [1.82, 2.24) is 9.55 Å². The molecule has 0 spiro atoms. The van der Waals surface area contributed by atoms with Crippen molar-refractivity contribution in [2.75, 3.05) is 7.11 Å². The average Bonchev–Trinajstić information content (AvgIpc) is 2.57. The van der Waals surface area contributed by atoms with Gasteiger partial charge in [0.15, 0.2) is 0 Å². The van der Waals surface area contributed by atoms with Crippen LogP contribution in [0.1, 0.15) is 11.6 Å². The molecule has 0 saturated carbocycles. The van der Waals surface area contributed by atoms with Gasteiger partial charge in [0.05, 0.1) is 24.3 Å². The fourth-order valence-electron chi connectivity index (χ4n) is 2.48. The van der Waals surface area contributed by atoms with Crippen molar-refractivity contribution >= 4 is 11.0 Å². The van der Waals surface area contributed by atoms with Crippen LogP contribution >= 0.6 is 0 Å². The number of ether oxygens (including phenoxy) is 1. The third kappa shape index (κ3) is 2.71. The number of nitrogens with two attached hydrogens (primary N) is 1. The molecule has 22 heavy (non-hydrogen) atoms. The monoisotopic (exact) mass is 295 g/mol. The summed E-state index contributed by atoms with van der Waals surface area (Å²) in [6, 6.07) is 14.8. The van der Waals surface area contributed by atoms with Crippen molar-refractivity contribution in [1.29, 1.82) is 0 Å². The van der Waals surface area contributed by atoms with Crippen LogP contribution in [-0.2, 0) is 6.54 Å². The van der Waals surface area contributed by atoms with Crippen LogP contribution in [0.4, 0.5) is 0 Å². The zero-order valence-electron chi connectivity index (χ0n) is 12.3. The van der Waals surface area contributed by atoms with Gasteiger partial charge < -0.3 is 15.0 Å². The molecule has 0 aliphatic rings. The summed E-state index contributed by atoms with van der Waals surface area (Å²) in [6.45, 7) is 0.384. The van der Waals surface area contributed by atoms with E-state index in [1.165, 1.54) is 6.20 Å². The topological polar surface area (TPSA) is 70.1 Å². The Bertz CT molecular complexity index is 858. The van der Waals surface area contributed by atoms with Crippen LogP contribution in [0.2, 0.25) is 0 Å². The van der Waals surface area contributed by atoms with Crippen molar-refractivity contribution in [3.8, 4) is 5.75 Å². The van der Waals surface area contributed by atoms with Gasteiger partial charge in [-0.2, -0.15) is 0 Å². The fourth-order valence-corrected chi connectivity index (χ4v) is 2.48. The quantitative estimate of drug-likeness (QED) is 0.800. The van der Waals surface area contributed by atoms with Crippen LogP contribution in [0.25, 0.3) is 11.0 Å². The summed E-state index contributed by atoms with van der Waals surface area (Å²) < 4.78 is 6.87. The van der Waals surface area contributed by atoms with E-state index in [2.05, 4.69) is 4.98 Å². The number of methoxy groups -OCH3 is 1. The maximum absolute atomic E-state index is 12.1. The van der Waals surface area contributed by atoms with Crippen LogP contribution < -0.4 is 16.0 Å². The maximum Gasteiger partial charge on any atom is 0.269 e. The highest BCUT2D eigenvalue weighted by Gasteiger charge is 2.11. The van der Waals surface area contributed by atoms with Crippen molar-refractivity contribution in [2.45, 2.75) is 12.6 Å². The van der Waals surface area contributed by atoms with Gasteiger partial charge in [-0.15, -0.1) is 0 Å². The minimum Gasteiger partial charge on any atom is -0.497 e. The molecule has 3 rings (SSSR count). The second kappa shape index (κ2) is 5.99. The molecule has 0 aliphatic heterocycles. The van der Waals surface area contributed by atoms with Gasteiger partial charge >= 0.3 is 0 Å². The van der Waals surface area contributed by atoms with Crippen LogP contribution in [0.3, 0.4) is 0 Å². The maximum atomic E-state index is 12.1. The molecular weight excluding hydrogens is 278 g/mol. The molecule has 112 valence electrons. The number of rotatable bonds is 4. The molecule has 5 heteroatoms. The fraction of sp³-hybridized carbons (Fsp3) is 0.176. The van der Waals surface area contributed by atoms with Gasteiger partial charge in [0.1, 0.15) is 5.75 Å². The summed E-state index contributed by atoms with van der Waals surface area (Å²) in [7, 11) is 1.62.